The first kappa shape index (κ1) is 15.8. The normalized spacial score (nSPS) is 25.1. The second-order valence-corrected chi connectivity index (χ2v) is 7.76. The van der Waals surface area contributed by atoms with E-state index < -0.39 is 0 Å². The van der Waals surface area contributed by atoms with E-state index in [0.29, 0.717) is 11.5 Å². The lowest BCUT2D eigenvalue weighted by atomic mass is 10.0. The highest BCUT2D eigenvalue weighted by Crippen LogP contribution is 2.60. The second-order valence-electron chi connectivity index (χ2n) is 7.76. The molecule has 2 saturated carbocycles. The van der Waals surface area contributed by atoms with Crippen molar-refractivity contribution < 1.29 is 4.79 Å². The van der Waals surface area contributed by atoms with Gasteiger partial charge in [-0.25, -0.2) is 14.8 Å². The van der Waals surface area contributed by atoms with Gasteiger partial charge in [0, 0.05) is 38.1 Å². The van der Waals surface area contributed by atoms with E-state index in [9.17, 15) is 4.79 Å². The molecule has 1 N–H and O–H groups in total. The zero-order valence-corrected chi connectivity index (χ0v) is 14.4. The molecular formula is C18H27N5O. The lowest BCUT2D eigenvalue weighted by Gasteiger charge is -2.24. The highest BCUT2D eigenvalue weighted by Gasteiger charge is 2.53. The zero-order valence-electron chi connectivity index (χ0n) is 14.4. The molecule has 4 rings (SSSR count). The van der Waals surface area contributed by atoms with E-state index in [1.54, 1.807) is 12.4 Å². The highest BCUT2D eigenvalue weighted by atomic mass is 16.2. The standard InChI is InChI=1S/C18H27N5O/c1-22(12-16-19-8-2-9-20-16)15-5-10-23(11-15)17(24)21-13-18(6-7-18)14-3-4-14/h2,8-9,14-15H,3-7,10-13H2,1H3,(H,21,24)/t15-/m1/s1. The SMILES string of the molecule is CN(Cc1ncccn1)[C@@H]1CCN(C(=O)NCC2(C3CC3)CC2)C1. The number of rotatable bonds is 6. The van der Waals surface area contributed by atoms with Gasteiger partial charge in [-0.1, -0.05) is 0 Å². The first-order chi connectivity index (χ1) is 11.7. The molecule has 1 atom stereocenters. The average molecular weight is 329 g/mol. The Morgan fingerprint density at radius 2 is 2.08 bits per heavy atom. The number of hydrogen-bond donors (Lipinski definition) is 1. The van der Waals surface area contributed by atoms with Crippen molar-refractivity contribution in [3.8, 4) is 0 Å². The molecule has 1 aromatic rings. The molecule has 24 heavy (non-hydrogen) atoms. The Kier molecular flexibility index (Phi) is 4.16. The van der Waals surface area contributed by atoms with E-state index in [-0.39, 0.29) is 6.03 Å². The number of carbonyl (C=O) groups is 1. The Balaban J connectivity index is 1.24. The fourth-order valence-corrected chi connectivity index (χ4v) is 4.00. The van der Waals surface area contributed by atoms with Crippen LogP contribution in [0.15, 0.2) is 18.5 Å². The van der Waals surface area contributed by atoms with E-state index in [1.165, 1.54) is 25.7 Å². The predicted octanol–water partition coefficient (Wildman–Crippen LogP) is 1.88. The number of urea groups is 1. The van der Waals surface area contributed by atoms with Gasteiger partial charge in [0.25, 0.3) is 0 Å². The maximum absolute atomic E-state index is 12.5. The third-order valence-electron chi connectivity index (χ3n) is 6.01. The molecule has 130 valence electrons. The molecule has 0 unspecified atom stereocenters. The summed E-state index contributed by atoms with van der Waals surface area (Å²) < 4.78 is 0. The Morgan fingerprint density at radius 1 is 1.33 bits per heavy atom. The van der Waals surface area contributed by atoms with E-state index in [2.05, 4.69) is 27.2 Å². The Labute approximate surface area is 143 Å². The van der Waals surface area contributed by atoms with Crippen LogP contribution in [-0.2, 0) is 6.54 Å². The predicted molar refractivity (Wildman–Crippen MR) is 91.3 cm³/mol. The first-order valence-electron chi connectivity index (χ1n) is 9.15. The van der Waals surface area contributed by atoms with Crippen LogP contribution in [0.3, 0.4) is 0 Å². The number of amides is 2. The largest absolute Gasteiger partial charge is 0.337 e. The molecule has 0 radical (unpaired) electrons. The summed E-state index contributed by atoms with van der Waals surface area (Å²) in [5.74, 6) is 1.73. The van der Waals surface area contributed by atoms with Crippen molar-refractivity contribution in [2.24, 2.45) is 11.3 Å². The summed E-state index contributed by atoms with van der Waals surface area (Å²) in [5, 5.41) is 3.20. The van der Waals surface area contributed by atoms with Gasteiger partial charge in [0.15, 0.2) is 0 Å². The maximum atomic E-state index is 12.5. The van der Waals surface area contributed by atoms with E-state index in [0.717, 1.165) is 44.3 Å². The number of nitrogens with one attached hydrogen (secondary N) is 1. The number of aromatic nitrogens is 2. The van der Waals surface area contributed by atoms with Crippen LogP contribution in [0.1, 0.15) is 37.9 Å². The molecule has 0 aromatic carbocycles. The van der Waals surface area contributed by atoms with E-state index >= 15 is 0 Å². The molecule has 3 aliphatic rings. The summed E-state index contributed by atoms with van der Waals surface area (Å²) in [7, 11) is 2.09. The topological polar surface area (TPSA) is 61.4 Å². The molecule has 2 amide bonds. The molecule has 1 aliphatic heterocycles. The minimum Gasteiger partial charge on any atom is -0.337 e. The molecular weight excluding hydrogens is 302 g/mol. The Bertz CT molecular complexity index is 584. The molecule has 2 aliphatic carbocycles. The molecule has 1 aromatic heterocycles. The van der Waals surface area contributed by atoms with Crippen LogP contribution in [0.25, 0.3) is 0 Å². The average Bonchev–Trinajstić information content (AvgIpc) is 3.51. The van der Waals surface area contributed by atoms with Crippen molar-refractivity contribution in [1.29, 1.82) is 0 Å². The minimum atomic E-state index is 0.119. The summed E-state index contributed by atoms with van der Waals surface area (Å²) in [6.45, 7) is 3.25. The minimum absolute atomic E-state index is 0.119. The Hall–Kier alpha value is -1.69. The van der Waals surface area contributed by atoms with Crippen LogP contribution in [0, 0.1) is 11.3 Å². The van der Waals surface area contributed by atoms with Gasteiger partial charge in [0.05, 0.1) is 6.54 Å². The number of likely N-dealkylation sites (tertiary alicyclic amines) is 1. The van der Waals surface area contributed by atoms with Crippen molar-refractivity contribution in [1.82, 2.24) is 25.1 Å². The van der Waals surface area contributed by atoms with Crippen LogP contribution < -0.4 is 5.32 Å². The maximum Gasteiger partial charge on any atom is 0.317 e. The third-order valence-corrected chi connectivity index (χ3v) is 6.01. The third kappa shape index (κ3) is 3.38. The van der Waals surface area contributed by atoms with Crippen LogP contribution in [0.4, 0.5) is 4.79 Å². The van der Waals surface area contributed by atoms with Gasteiger partial charge in [0.2, 0.25) is 0 Å². The lowest BCUT2D eigenvalue weighted by Crippen LogP contribution is -2.43. The summed E-state index contributed by atoms with van der Waals surface area (Å²) >= 11 is 0. The van der Waals surface area contributed by atoms with Gasteiger partial charge in [-0.05, 0) is 56.6 Å². The van der Waals surface area contributed by atoms with Crippen molar-refractivity contribution >= 4 is 6.03 Å². The number of carbonyl (C=O) groups excluding carboxylic acids is 1. The van der Waals surface area contributed by atoms with Crippen molar-refractivity contribution in [3.05, 3.63) is 24.3 Å². The molecule has 6 heteroatoms. The van der Waals surface area contributed by atoms with E-state index in [1.807, 2.05) is 11.0 Å². The van der Waals surface area contributed by atoms with Gasteiger partial charge < -0.3 is 10.2 Å². The monoisotopic (exact) mass is 329 g/mol. The van der Waals surface area contributed by atoms with Crippen molar-refractivity contribution in [2.75, 3.05) is 26.7 Å². The summed E-state index contributed by atoms with van der Waals surface area (Å²) in [4.78, 5) is 25.3. The van der Waals surface area contributed by atoms with Crippen LogP contribution >= 0.6 is 0 Å². The fourth-order valence-electron chi connectivity index (χ4n) is 4.00. The van der Waals surface area contributed by atoms with E-state index in [4.69, 9.17) is 0 Å². The van der Waals surface area contributed by atoms with Gasteiger partial charge in [0.1, 0.15) is 5.82 Å². The van der Waals surface area contributed by atoms with Crippen LogP contribution in [-0.4, -0.2) is 58.5 Å². The van der Waals surface area contributed by atoms with Gasteiger partial charge in [-0.15, -0.1) is 0 Å². The number of nitrogens with zero attached hydrogens (tertiary/aromatic N) is 4. The first-order valence-corrected chi connectivity index (χ1v) is 9.15. The van der Waals surface area contributed by atoms with Gasteiger partial charge >= 0.3 is 6.03 Å². The molecule has 6 nitrogen and oxygen atoms in total. The summed E-state index contributed by atoms with van der Waals surface area (Å²) in [6, 6.07) is 2.34. The molecule has 2 heterocycles. The van der Waals surface area contributed by atoms with Crippen molar-refractivity contribution in [3.63, 3.8) is 0 Å². The number of likely N-dealkylation sites (N-methyl/N-ethyl adjacent to an activating group) is 1. The Morgan fingerprint density at radius 3 is 2.75 bits per heavy atom. The lowest BCUT2D eigenvalue weighted by molar-refractivity contribution is 0.193. The van der Waals surface area contributed by atoms with Crippen LogP contribution in [0.2, 0.25) is 0 Å². The zero-order chi connectivity index (χ0) is 16.6. The van der Waals surface area contributed by atoms with Crippen molar-refractivity contribution in [2.45, 2.75) is 44.7 Å². The number of hydrogen-bond acceptors (Lipinski definition) is 4. The molecule has 1 saturated heterocycles. The molecule has 0 bridgehead atoms. The fraction of sp³-hybridized carbons (Fsp3) is 0.722. The highest BCUT2D eigenvalue weighted by molar-refractivity contribution is 5.74. The second kappa shape index (κ2) is 6.31. The summed E-state index contributed by atoms with van der Waals surface area (Å²) in [6.07, 6.45) is 9.92. The molecule has 0 spiro atoms. The summed E-state index contributed by atoms with van der Waals surface area (Å²) in [5.41, 5.74) is 0.468. The molecule has 3 fully saturated rings. The smallest absolute Gasteiger partial charge is 0.317 e. The van der Waals surface area contributed by atoms with Crippen LogP contribution in [0.5, 0.6) is 0 Å². The van der Waals surface area contributed by atoms with Gasteiger partial charge in [-0.2, -0.15) is 0 Å². The quantitative estimate of drug-likeness (QED) is 0.866. The van der Waals surface area contributed by atoms with Gasteiger partial charge in [-0.3, -0.25) is 4.90 Å².